The van der Waals surface area contributed by atoms with Crippen molar-refractivity contribution in [3.05, 3.63) is 26.6 Å². The Morgan fingerprint density at radius 3 is 2.58 bits per heavy atom. The van der Waals surface area contributed by atoms with Crippen molar-refractivity contribution in [2.24, 2.45) is 0 Å². The highest BCUT2D eigenvalue weighted by Gasteiger charge is 2.17. The van der Waals surface area contributed by atoms with Crippen LogP contribution in [-0.2, 0) is 12.3 Å². The van der Waals surface area contributed by atoms with Crippen LogP contribution in [-0.4, -0.2) is 38.6 Å². The van der Waals surface area contributed by atoms with E-state index >= 15 is 0 Å². The molecular formula is C16H21N7OS2. The molecule has 0 spiro atoms. The van der Waals surface area contributed by atoms with Gasteiger partial charge in [0.25, 0.3) is 5.56 Å². The molecular weight excluding hydrogens is 370 g/mol. The van der Waals surface area contributed by atoms with E-state index in [1.165, 1.54) is 11.8 Å². The molecule has 0 amide bonds. The molecule has 0 aliphatic heterocycles. The molecule has 26 heavy (non-hydrogen) atoms. The molecule has 3 aromatic rings. The topological polar surface area (TPSA) is 103 Å². The average Bonchev–Trinajstić information content (AvgIpc) is 2.87. The quantitative estimate of drug-likeness (QED) is 0.522. The monoisotopic (exact) mass is 391 g/mol. The zero-order valence-electron chi connectivity index (χ0n) is 15.4. The second kappa shape index (κ2) is 7.20. The molecule has 0 bridgehead atoms. The Morgan fingerprint density at radius 1 is 1.19 bits per heavy atom. The fourth-order valence-corrected chi connectivity index (χ4v) is 4.51. The van der Waals surface area contributed by atoms with E-state index < -0.39 is 0 Å². The molecule has 0 aliphatic carbocycles. The van der Waals surface area contributed by atoms with Gasteiger partial charge in [-0.2, -0.15) is 15.0 Å². The number of nitrogens with two attached hydrogens (primary N) is 1. The summed E-state index contributed by atoms with van der Waals surface area (Å²) in [6.07, 6.45) is 0. The molecule has 3 heterocycles. The van der Waals surface area contributed by atoms with Gasteiger partial charge in [0, 0.05) is 25.5 Å². The Morgan fingerprint density at radius 2 is 1.92 bits per heavy atom. The minimum Gasteiger partial charge on any atom is -0.368 e. The number of thioether (sulfide) groups is 1. The zero-order valence-corrected chi connectivity index (χ0v) is 17.0. The van der Waals surface area contributed by atoms with Crippen LogP contribution in [0, 0.1) is 13.8 Å². The lowest BCUT2D eigenvalue weighted by atomic mass is 10.2. The van der Waals surface area contributed by atoms with Crippen LogP contribution >= 0.6 is 23.1 Å². The molecule has 138 valence electrons. The standard InChI is InChI=1S/C16H21N7OS2/c1-6-23-13(24)11-8(2)9(3)26-12(11)20-16(23)25-7-10-18-14(17)21-15(19-10)22(4)5/h6-7H2,1-5H3,(H2,17,18,19,21). The van der Waals surface area contributed by atoms with Crippen molar-refractivity contribution in [3.8, 4) is 0 Å². The third-order valence-electron chi connectivity index (χ3n) is 3.99. The highest BCUT2D eigenvalue weighted by molar-refractivity contribution is 7.98. The Labute approximate surface area is 159 Å². The normalized spacial score (nSPS) is 11.3. The van der Waals surface area contributed by atoms with Crippen molar-refractivity contribution in [3.63, 3.8) is 0 Å². The molecule has 3 rings (SSSR count). The van der Waals surface area contributed by atoms with Crippen LogP contribution in [0.15, 0.2) is 9.95 Å². The van der Waals surface area contributed by atoms with Gasteiger partial charge >= 0.3 is 0 Å². The van der Waals surface area contributed by atoms with E-state index in [1.54, 1.807) is 20.8 Å². The maximum Gasteiger partial charge on any atom is 0.263 e. The summed E-state index contributed by atoms with van der Waals surface area (Å²) in [7, 11) is 3.69. The van der Waals surface area contributed by atoms with Crippen LogP contribution in [0.3, 0.4) is 0 Å². The number of aromatic nitrogens is 5. The number of anilines is 2. The van der Waals surface area contributed by atoms with Crippen LogP contribution in [0.4, 0.5) is 11.9 Å². The Hall–Kier alpha value is -2.20. The van der Waals surface area contributed by atoms with E-state index in [1.807, 2.05) is 34.9 Å². The third kappa shape index (κ3) is 3.38. The van der Waals surface area contributed by atoms with Crippen LogP contribution in [0.2, 0.25) is 0 Å². The second-order valence-electron chi connectivity index (χ2n) is 6.00. The predicted octanol–water partition coefficient (Wildman–Crippen LogP) is 2.22. The molecule has 0 aromatic carbocycles. The number of hydrogen-bond acceptors (Lipinski definition) is 9. The van der Waals surface area contributed by atoms with Gasteiger partial charge in [-0.1, -0.05) is 11.8 Å². The summed E-state index contributed by atoms with van der Waals surface area (Å²) >= 11 is 2.98. The SMILES string of the molecule is CCn1c(SCc2nc(N)nc(N(C)C)n2)nc2sc(C)c(C)c2c1=O. The molecule has 10 heteroatoms. The first-order valence-electron chi connectivity index (χ1n) is 8.12. The molecule has 0 saturated carbocycles. The summed E-state index contributed by atoms with van der Waals surface area (Å²) in [6.45, 7) is 6.49. The molecule has 0 aliphatic rings. The third-order valence-corrected chi connectivity index (χ3v) is 6.06. The van der Waals surface area contributed by atoms with Gasteiger partial charge in [0.2, 0.25) is 11.9 Å². The minimum atomic E-state index is 0.00555. The van der Waals surface area contributed by atoms with Crippen molar-refractivity contribution in [2.45, 2.75) is 38.2 Å². The number of aryl methyl sites for hydroxylation is 2. The smallest absolute Gasteiger partial charge is 0.263 e. The largest absolute Gasteiger partial charge is 0.368 e. The second-order valence-corrected chi connectivity index (χ2v) is 8.15. The van der Waals surface area contributed by atoms with Gasteiger partial charge in [0.15, 0.2) is 5.16 Å². The summed E-state index contributed by atoms with van der Waals surface area (Å²) in [5, 5.41) is 1.38. The Balaban J connectivity index is 1.98. The average molecular weight is 392 g/mol. The maximum absolute atomic E-state index is 12.9. The molecule has 0 unspecified atom stereocenters. The van der Waals surface area contributed by atoms with E-state index in [9.17, 15) is 4.79 Å². The van der Waals surface area contributed by atoms with Crippen LogP contribution in [0.1, 0.15) is 23.2 Å². The number of nitrogens with zero attached hydrogens (tertiary/aromatic N) is 6. The van der Waals surface area contributed by atoms with Gasteiger partial charge in [-0.3, -0.25) is 9.36 Å². The summed E-state index contributed by atoms with van der Waals surface area (Å²) < 4.78 is 1.70. The van der Waals surface area contributed by atoms with Crippen LogP contribution in [0.25, 0.3) is 10.2 Å². The fourth-order valence-electron chi connectivity index (χ4n) is 2.52. The lowest BCUT2D eigenvalue weighted by Crippen LogP contribution is -2.22. The van der Waals surface area contributed by atoms with E-state index in [0.717, 1.165) is 20.7 Å². The first-order chi connectivity index (χ1) is 12.3. The number of nitrogen functional groups attached to an aromatic ring is 1. The number of fused-ring (bicyclic) bond motifs is 1. The Kier molecular flexibility index (Phi) is 5.15. The lowest BCUT2D eigenvalue weighted by Gasteiger charge is -2.12. The van der Waals surface area contributed by atoms with Crippen molar-refractivity contribution in [1.29, 1.82) is 0 Å². The summed E-state index contributed by atoms with van der Waals surface area (Å²) in [5.74, 6) is 1.70. The van der Waals surface area contributed by atoms with Crippen LogP contribution < -0.4 is 16.2 Å². The van der Waals surface area contributed by atoms with Gasteiger partial charge < -0.3 is 10.6 Å². The molecule has 0 fully saturated rings. The summed E-state index contributed by atoms with van der Waals surface area (Å²) in [4.78, 5) is 33.9. The van der Waals surface area contributed by atoms with E-state index in [-0.39, 0.29) is 11.5 Å². The molecule has 0 saturated heterocycles. The van der Waals surface area contributed by atoms with E-state index in [2.05, 4.69) is 15.0 Å². The van der Waals surface area contributed by atoms with E-state index in [4.69, 9.17) is 10.7 Å². The number of thiophene rings is 1. The van der Waals surface area contributed by atoms with Gasteiger partial charge in [-0.25, -0.2) is 4.98 Å². The molecule has 0 atom stereocenters. The van der Waals surface area contributed by atoms with Gasteiger partial charge in [-0.05, 0) is 26.3 Å². The lowest BCUT2D eigenvalue weighted by molar-refractivity contribution is 0.635. The fraction of sp³-hybridized carbons (Fsp3) is 0.438. The van der Waals surface area contributed by atoms with Crippen molar-refractivity contribution >= 4 is 45.2 Å². The number of hydrogen-bond donors (Lipinski definition) is 1. The first kappa shape index (κ1) is 18.6. The zero-order chi connectivity index (χ0) is 19.0. The van der Waals surface area contributed by atoms with Gasteiger partial charge in [-0.15, -0.1) is 11.3 Å². The molecule has 3 aromatic heterocycles. The Bertz CT molecular complexity index is 1030. The van der Waals surface area contributed by atoms with Crippen molar-refractivity contribution in [1.82, 2.24) is 24.5 Å². The van der Waals surface area contributed by atoms with Gasteiger partial charge in [0.05, 0.1) is 11.1 Å². The predicted molar refractivity (Wildman–Crippen MR) is 107 cm³/mol. The minimum absolute atomic E-state index is 0.00555. The summed E-state index contributed by atoms with van der Waals surface area (Å²) in [5.41, 5.74) is 6.79. The molecule has 2 N–H and O–H groups in total. The molecule has 8 nitrogen and oxygen atoms in total. The highest BCUT2D eigenvalue weighted by atomic mass is 32.2. The van der Waals surface area contributed by atoms with Crippen LogP contribution in [0.5, 0.6) is 0 Å². The van der Waals surface area contributed by atoms with E-state index in [0.29, 0.717) is 29.2 Å². The number of rotatable bonds is 5. The molecule has 0 radical (unpaired) electrons. The van der Waals surface area contributed by atoms with Crippen molar-refractivity contribution < 1.29 is 0 Å². The first-order valence-corrected chi connectivity index (χ1v) is 9.93. The van der Waals surface area contributed by atoms with Gasteiger partial charge in [0.1, 0.15) is 10.7 Å². The highest BCUT2D eigenvalue weighted by Crippen LogP contribution is 2.29. The van der Waals surface area contributed by atoms with Crippen molar-refractivity contribution in [2.75, 3.05) is 24.7 Å². The summed E-state index contributed by atoms with van der Waals surface area (Å²) in [6, 6.07) is 0. The maximum atomic E-state index is 12.9.